The SMILES string of the molecule is O=CN1CCN(CCC(=O)O)CC1. The summed E-state index contributed by atoms with van der Waals surface area (Å²) in [6, 6.07) is 0. The highest BCUT2D eigenvalue weighted by Crippen LogP contribution is 1.99. The van der Waals surface area contributed by atoms with Crippen LogP contribution in [0.2, 0.25) is 0 Å². The lowest BCUT2D eigenvalue weighted by atomic mass is 10.3. The van der Waals surface area contributed by atoms with Gasteiger partial charge in [-0.15, -0.1) is 0 Å². The van der Waals surface area contributed by atoms with E-state index in [4.69, 9.17) is 5.11 Å². The maximum absolute atomic E-state index is 10.3. The summed E-state index contributed by atoms with van der Waals surface area (Å²) in [6.07, 6.45) is 1.02. The first kappa shape index (κ1) is 9.98. The summed E-state index contributed by atoms with van der Waals surface area (Å²) in [5, 5.41) is 8.45. The zero-order valence-electron chi connectivity index (χ0n) is 7.48. The van der Waals surface area contributed by atoms with Crippen molar-refractivity contribution < 1.29 is 14.7 Å². The van der Waals surface area contributed by atoms with Gasteiger partial charge in [0.05, 0.1) is 6.42 Å². The second-order valence-electron chi connectivity index (χ2n) is 3.13. The Bertz CT molecular complexity index is 188. The number of carboxylic acids is 1. The van der Waals surface area contributed by atoms with Gasteiger partial charge in [-0.2, -0.15) is 0 Å². The van der Waals surface area contributed by atoms with Crippen molar-refractivity contribution in [2.45, 2.75) is 6.42 Å². The second kappa shape index (κ2) is 4.81. The summed E-state index contributed by atoms with van der Waals surface area (Å²) in [4.78, 5) is 24.4. The predicted molar refractivity (Wildman–Crippen MR) is 46.3 cm³/mol. The molecular formula is C8H14N2O3. The van der Waals surface area contributed by atoms with E-state index in [1.54, 1.807) is 4.90 Å². The number of hydrogen-bond acceptors (Lipinski definition) is 3. The Kier molecular flexibility index (Phi) is 3.70. The maximum atomic E-state index is 10.3. The Morgan fingerprint density at radius 3 is 2.38 bits per heavy atom. The highest BCUT2D eigenvalue weighted by Gasteiger charge is 2.15. The quantitative estimate of drug-likeness (QED) is 0.586. The molecule has 74 valence electrons. The minimum atomic E-state index is -0.766. The van der Waals surface area contributed by atoms with Gasteiger partial charge in [-0.05, 0) is 0 Å². The zero-order chi connectivity index (χ0) is 9.68. The number of amides is 1. The molecule has 1 aliphatic rings. The fourth-order valence-corrected chi connectivity index (χ4v) is 1.35. The molecule has 5 heteroatoms. The minimum Gasteiger partial charge on any atom is -0.481 e. The molecule has 1 saturated heterocycles. The van der Waals surface area contributed by atoms with Crippen LogP contribution in [0.5, 0.6) is 0 Å². The molecule has 1 fully saturated rings. The summed E-state index contributed by atoms with van der Waals surface area (Å²) in [5.41, 5.74) is 0. The topological polar surface area (TPSA) is 60.9 Å². The molecule has 5 nitrogen and oxygen atoms in total. The zero-order valence-corrected chi connectivity index (χ0v) is 7.48. The number of aliphatic carboxylic acids is 1. The number of rotatable bonds is 4. The molecule has 0 bridgehead atoms. The Morgan fingerprint density at radius 2 is 1.92 bits per heavy atom. The van der Waals surface area contributed by atoms with Gasteiger partial charge in [0.2, 0.25) is 6.41 Å². The third kappa shape index (κ3) is 3.42. The van der Waals surface area contributed by atoms with Crippen LogP contribution < -0.4 is 0 Å². The minimum absolute atomic E-state index is 0.182. The molecular weight excluding hydrogens is 172 g/mol. The van der Waals surface area contributed by atoms with E-state index in [0.29, 0.717) is 19.6 Å². The largest absolute Gasteiger partial charge is 0.481 e. The molecule has 0 atom stereocenters. The summed E-state index contributed by atoms with van der Waals surface area (Å²) in [6.45, 7) is 3.58. The van der Waals surface area contributed by atoms with E-state index in [0.717, 1.165) is 19.5 Å². The molecule has 0 radical (unpaired) electrons. The molecule has 0 aromatic heterocycles. The standard InChI is InChI=1S/C8H14N2O3/c11-7-10-5-3-9(4-6-10)2-1-8(12)13/h7H,1-6H2,(H,12,13). The Labute approximate surface area is 76.9 Å². The van der Waals surface area contributed by atoms with Crippen LogP contribution in [0.4, 0.5) is 0 Å². The van der Waals surface area contributed by atoms with Crippen molar-refractivity contribution >= 4 is 12.4 Å². The van der Waals surface area contributed by atoms with Gasteiger partial charge in [-0.25, -0.2) is 0 Å². The summed E-state index contributed by atoms with van der Waals surface area (Å²) in [7, 11) is 0. The molecule has 1 N–H and O–H groups in total. The molecule has 0 aromatic carbocycles. The number of carboxylic acid groups (broad SMARTS) is 1. The average molecular weight is 186 g/mol. The van der Waals surface area contributed by atoms with E-state index in [-0.39, 0.29) is 6.42 Å². The molecule has 0 saturated carbocycles. The van der Waals surface area contributed by atoms with Crippen LogP contribution in [0, 0.1) is 0 Å². The van der Waals surface area contributed by atoms with E-state index in [9.17, 15) is 9.59 Å². The number of hydrogen-bond donors (Lipinski definition) is 1. The van der Waals surface area contributed by atoms with E-state index in [1.807, 2.05) is 0 Å². The second-order valence-corrected chi connectivity index (χ2v) is 3.13. The van der Waals surface area contributed by atoms with Gasteiger partial charge in [-0.1, -0.05) is 0 Å². The molecule has 0 aliphatic carbocycles. The van der Waals surface area contributed by atoms with Crippen LogP contribution >= 0.6 is 0 Å². The van der Waals surface area contributed by atoms with Crippen LogP contribution in [0.15, 0.2) is 0 Å². The molecule has 1 aliphatic heterocycles. The summed E-state index contributed by atoms with van der Waals surface area (Å²) < 4.78 is 0. The van der Waals surface area contributed by atoms with Gasteiger partial charge in [0.1, 0.15) is 0 Å². The summed E-state index contributed by atoms with van der Waals surface area (Å²) >= 11 is 0. The summed E-state index contributed by atoms with van der Waals surface area (Å²) in [5.74, 6) is -0.766. The van der Waals surface area contributed by atoms with Crippen molar-refractivity contribution in [1.29, 1.82) is 0 Å². The predicted octanol–water partition coefficient (Wildman–Crippen LogP) is -0.765. The average Bonchev–Trinajstić information content (AvgIpc) is 2.15. The smallest absolute Gasteiger partial charge is 0.304 e. The monoisotopic (exact) mass is 186 g/mol. The van der Waals surface area contributed by atoms with Crippen molar-refractivity contribution in [3.8, 4) is 0 Å². The molecule has 0 aromatic rings. The molecule has 1 rings (SSSR count). The van der Waals surface area contributed by atoms with E-state index < -0.39 is 5.97 Å². The van der Waals surface area contributed by atoms with Gasteiger partial charge in [0, 0.05) is 32.7 Å². The third-order valence-corrected chi connectivity index (χ3v) is 2.20. The van der Waals surface area contributed by atoms with Crippen LogP contribution in [0.1, 0.15) is 6.42 Å². The normalized spacial score (nSPS) is 18.6. The Hall–Kier alpha value is -1.10. The van der Waals surface area contributed by atoms with E-state index >= 15 is 0 Å². The number of nitrogens with zero attached hydrogens (tertiary/aromatic N) is 2. The number of carbonyl (C=O) groups excluding carboxylic acids is 1. The lowest BCUT2D eigenvalue weighted by molar-refractivity contribution is -0.137. The van der Waals surface area contributed by atoms with Crippen molar-refractivity contribution in [1.82, 2.24) is 9.80 Å². The van der Waals surface area contributed by atoms with Crippen LogP contribution in [0.25, 0.3) is 0 Å². The van der Waals surface area contributed by atoms with Crippen molar-refractivity contribution in [2.75, 3.05) is 32.7 Å². The van der Waals surface area contributed by atoms with E-state index in [1.165, 1.54) is 0 Å². The van der Waals surface area contributed by atoms with Gasteiger partial charge in [-0.3, -0.25) is 14.5 Å². The fourth-order valence-electron chi connectivity index (χ4n) is 1.35. The maximum Gasteiger partial charge on any atom is 0.304 e. The molecule has 1 amide bonds. The third-order valence-electron chi connectivity index (χ3n) is 2.20. The molecule has 13 heavy (non-hydrogen) atoms. The highest BCUT2D eigenvalue weighted by molar-refractivity contribution is 5.66. The van der Waals surface area contributed by atoms with Gasteiger partial charge in [0.15, 0.2) is 0 Å². The van der Waals surface area contributed by atoms with Crippen LogP contribution in [-0.4, -0.2) is 60.0 Å². The lowest BCUT2D eigenvalue weighted by Crippen LogP contribution is -2.46. The first-order chi connectivity index (χ1) is 6.22. The molecule has 0 spiro atoms. The number of piperazine rings is 1. The first-order valence-electron chi connectivity index (χ1n) is 4.36. The van der Waals surface area contributed by atoms with Crippen molar-refractivity contribution in [3.63, 3.8) is 0 Å². The first-order valence-corrected chi connectivity index (χ1v) is 4.36. The van der Waals surface area contributed by atoms with Gasteiger partial charge < -0.3 is 10.0 Å². The van der Waals surface area contributed by atoms with E-state index in [2.05, 4.69) is 4.90 Å². The molecule has 1 heterocycles. The fraction of sp³-hybridized carbons (Fsp3) is 0.750. The Morgan fingerprint density at radius 1 is 1.31 bits per heavy atom. The Balaban J connectivity index is 2.17. The van der Waals surface area contributed by atoms with Crippen LogP contribution in [0.3, 0.4) is 0 Å². The number of carbonyl (C=O) groups is 2. The van der Waals surface area contributed by atoms with Gasteiger partial charge in [0.25, 0.3) is 0 Å². The van der Waals surface area contributed by atoms with Crippen molar-refractivity contribution in [2.24, 2.45) is 0 Å². The van der Waals surface area contributed by atoms with Crippen LogP contribution in [-0.2, 0) is 9.59 Å². The highest BCUT2D eigenvalue weighted by atomic mass is 16.4. The van der Waals surface area contributed by atoms with Crippen molar-refractivity contribution in [3.05, 3.63) is 0 Å². The lowest BCUT2D eigenvalue weighted by Gasteiger charge is -2.31. The van der Waals surface area contributed by atoms with Gasteiger partial charge >= 0.3 is 5.97 Å². The molecule has 0 unspecified atom stereocenters.